The van der Waals surface area contributed by atoms with E-state index in [-0.39, 0.29) is 12.2 Å². The molecule has 2 aliphatic heterocycles. The molecule has 0 spiro atoms. The third kappa shape index (κ3) is 4.68. The second kappa shape index (κ2) is 9.24. The van der Waals surface area contributed by atoms with Crippen molar-refractivity contribution in [2.24, 2.45) is 0 Å². The van der Waals surface area contributed by atoms with Crippen molar-refractivity contribution >= 4 is 34.2 Å². The summed E-state index contributed by atoms with van der Waals surface area (Å²) in [5.74, 6) is -0.895. The average molecular weight is 513 g/mol. The Morgan fingerprint density at radius 2 is 1.68 bits per heavy atom. The van der Waals surface area contributed by atoms with Gasteiger partial charge in [0.25, 0.3) is 5.91 Å². The molecule has 2 aromatic carbocycles. The van der Waals surface area contributed by atoms with Gasteiger partial charge in [-0.25, -0.2) is 9.69 Å². The van der Waals surface area contributed by atoms with E-state index in [0.29, 0.717) is 0 Å². The highest BCUT2D eigenvalue weighted by Crippen LogP contribution is 2.36. The van der Waals surface area contributed by atoms with Gasteiger partial charge in [-0.1, -0.05) is 12.1 Å². The molecule has 3 aromatic rings. The molecular formula is C27H27F3N4O3. The number of piperidine rings is 1. The number of hydrogen-bond acceptors (Lipinski definition) is 5. The number of rotatable bonds is 5. The van der Waals surface area contributed by atoms with E-state index < -0.39 is 29.6 Å². The van der Waals surface area contributed by atoms with Gasteiger partial charge in [0.15, 0.2) is 0 Å². The number of hydrogen-bond donors (Lipinski definition) is 0. The van der Waals surface area contributed by atoms with Crippen molar-refractivity contribution in [3.05, 3.63) is 60.3 Å². The third-order valence-corrected chi connectivity index (χ3v) is 7.02. The van der Waals surface area contributed by atoms with E-state index in [2.05, 4.69) is 20.7 Å². The molecule has 1 aromatic heterocycles. The minimum absolute atomic E-state index is 0.172. The molecule has 3 heterocycles. The lowest BCUT2D eigenvalue weighted by Crippen LogP contribution is -2.43. The van der Waals surface area contributed by atoms with Crippen LogP contribution in [0.2, 0.25) is 0 Å². The molecule has 5 rings (SSSR count). The fourth-order valence-corrected chi connectivity index (χ4v) is 5.04. The molecule has 0 radical (unpaired) electrons. The van der Waals surface area contributed by atoms with Gasteiger partial charge in [0.1, 0.15) is 11.3 Å². The van der Waals surface area contributed by atoms with Gasteiger partial charge in [0.2, 0.25) is 0 Å². The number of alkyl halides is 3. The summed E-state index contributed by atoms with van der Waals surface area (Å²) in [6, 6.07) is 12.0. The lowest BCUT2D eigenvalue weighted by molar-refractivity contribution is -0.274. The second-order valence-electron chi connectivity index (χ2n) is 9.80. The molecule has 3 amide bonds. The van der Waals surface area contributed by atoms with Crippen LogP contribution in [0.5, 0.6) is 5.75 Å². The molecular weight excluding hydrogens is 485 g/mol. The molecule has 0 N–H and O–H groups in total. The molecule has 2 saturated heterocycles. The van der Waals surface area contributed by atoms with Crippen LogP contribution in [-0.2, 0) is 11.3 Å². The molecule has 10 heteroatoms. The van der Waals surface area contributed by atoms with Crippen molar-refractivity contribution < 1.29 is 27.5 Å². The number of nitrogens with zero attached hydrogens (tertiary/aromatic N) is 4. The number of benzene rings is 2. The third-order valence-electron chi connectivity index (χ3n) is 7.02. The summed E-state index contributed by atoms with van der Waals surface area (Å²) in [7, 11) is 0. The van der Waals surface area contributed by atoms with Crippen molar-refractivity contribution in [2.45, 2.75) is 51.6 Å². The Morgan fingerprint density at radius 1 is 0.973 bits per heavy atom. The van der Waals surface area contributed by atoms with Crippen molar-refractivity contribution in [2.75, 3.05) is 22.9 Å². The summed E-state index contributed by atoms with van der Waals surface area (Å²) in [5.41, 5.74) is 1.78. The van der Waals surface area contributed by atoms with Crippen molar-refractivity contribution in [3.8, 4) is 5.75 Å². The molecule has 194 valence electrons. The van der Waals surface area contributed by atoms with Crippen LogP contribution in [0.15, 0.2) is 54.7 Å². The maximum Gasteiger partial charge on any atom is 0.573 e. The van der Waals surface area contributed by atoms with Crippen LogP contribution < -0.4 is 14.5 Å². The molecule has 0 aliphatic carbocycles. The maximum absolute atomic E-state index is 13.5. The average Bonchev–Trinajstić information content (AvgIpc) is 3.03. The maximum atomic E-state index is 13.5. The number of amides is 3. The topological polar surface area (TPSA) is 66.0 Å². The van der Waals surface area contributed by atoms with E-state index in [9.17, 15) is 22.8 Å². The monoisotopic (exact) mass is 512 g/mol. The lowest BCUT2D eigenvalue weighted by Gasteiger charge is -2.30. The highest BCUT2D eigenvalue weighted by Gasteiger charge is 2.51. The Balaban J connectivity index is 1.44. The van der Waals surface area contributed by atoms with Gasteiger partial charge in [-0.3, -0.25) is 9.78 Å². The number of imide groups is 1. The molecule has 0 atom stereocenters. The first-order chi connectivity index (χ1) is 17.6. The summed E-state index contributed by atoms with van der Waals surface area (Å²) < 4.78 is 41.4. The number of carbonyl (C=O) groups is 2. The molecule has 37 heavy (non-hydrogen) atoms. The number of carbonyl (C=O) groups excluding carboxylic acids is 2. The quantitative estimate of drug-likeness (QED) is 0.400. The van der Waals surface area contributed by atoms with Gasteiger partial charge in [0.05, 0.1) is 16.9 Å². The fourth-order valence-electron chi connectivity index (χ4n) is 5.04. The molecule has 2 fully saturated rings. The van der Waals surface area contributed by atoms with Crippen LogP contribution in [0.25, 0.3) is 10.9 Å². The molecule has 0 saturated carbocycles. The molecule has 0 bridgehead atoms. The minimum Gasteiger partial charge on any atom is -0.406 e. The smallest absolute Gasteiger partial charge is 0.406 e. The van der Waals surface area contributed by atoms with E-state index in [0.717, 1.165) is 65.1 Å². The normalized spacial score (nSPS) is 18.1. The highest BCUT2D eigenvalue weighted by molar-refractivity contribution is 6.23. The number of ether oxygens (including phenoxy) is 1. The van der Waals surface area contributed by atoms with Crippen LogP contribution >= 0.6 is 0 Å². The predicted octanol–water partition coefficient (Wildman–Crippen LogP) is 5.87. The number of anilines is 2. The zero-order chi connectivity index (χ0) is 26.4. The first-order valence-corrected chi connectivity index (χ1v) is 12.2. The molecule has 0 unspecified atom stereocenters. The van der Waals surface area contributed by atoms with E-state index in [1.807, 2.05) is 18.2 Å². The summed E-state index contributed by atoms with van der Waals surface area (Å²) in [5, 5.41) is 0.911. The predicted molar refractivity (Wildman–Crippen MR) is 133 cm³/mol. The van der Waals surface area contributed by atoms with Gasteiger partial charge in [-0.15, -0.1) is 13.2 Å². The van der Waals surface area contributed by atoms with Crippen LogP contribution in [-0.4, -0.2) is 46.8 Å². The van der Waals surface area contributed by atoms with Gasteiger partial charge in [0, 0.05) is 31.2 Å². The van der Waals surface area contributed by atoms with Crippen molar-refractivity contribution in [1.29, 1.82) is 0 Å². The highest BCUT2D eigenvalue weighted by atomic mass is 19.4. The Bertz CT molecular complexity index is 1330. The Morgan fingerprint density at radius 3 is 2.35 bits per heavy atom. The first kappa shape index (κ1) is 24.9. The van der Waals surface area contributed by atoms with Gasteiger partial charge >= 0.3 is 12.4 Å². The summed E-state index contributed by atoms with van der Waals surface area (Å²) >= 11 is 0. The minimum atomic E-state index is -4.83. The van der Waals surface area contributed by atoms with Gasteiger partial charge in [-0.05, 0) is 75.1 Å². The van der Waals surface area contributed by atoms with E-state index in [1.165, 1.54) is 23.5 Å². The van der Waals surface area contributed by atoms with E-state index in [4.69, 9.17) is 0 Å². The number of pyridine rings is 1. The lowest BCUT2D eigenvalue weighted by atomic mass is 10.0. The van der Waals surface area contributed by atoms with Gasteiger partial charge in [-0.2, -0.15) is 0 Å². The Labute approximate surface area is 212 Å². The van der Waals surface area contributed by atoms with Crippen LogP contribution in [0, 0.1) is 0 Å². The number of fused-ring (bicyclic) bond motifs is 1. The summed E-state index contributed by atoms with van der Waals surface area (Å²) in [4.78, 5) is 36.3. The first-order valence-electron chi connectivity index (χ1n) is 12.2. The summed E-state index contributed by atoms with van der Waals surface area (Å²) in [6.45, 7) is 5.44. The number of urea groups is 1. The molecule has 2 aliphatic rings. The number of halogens is 3. The van der Waals surface area contributed by atoms with Crippen molar-refractivity contribution in [1.82, 2.24) is 9.88 Å². The fraction of sp³-hybridized carbons (Fsp3) is 0.370. The van der Waals surface area contributed by atoms with Crippen molar-refractivity contribution in [3.63, 3.8) is 0 Å². The summed E-state index contributed by atoms with van der Waals surface area (Å²) in [6.07, 6.45) is 0.370. The number of aromatic nitrogens is 1. The standard InChI is InChI=1S/C27H27F3N4O3/c1-26(2)24(35)34(19-9-11-20(12-10-19)37-27(28,29)30)25(36)33(26)17-18-13-14-31-23-21(18)7-6-8-22(23)32-15-4-3-5-16-32/h6-14H,3-5,15-17H2,1-2H3. The SMILES string of the molecule is CC1(C)C(=O)N(c2ccc(OC(F)(F)F)cc2)C(=O)N1Cc1ccnc2c(N3CCCCC3)cccc12. The van der Waals surface area contributed by atoms with E-state index >= 15 is 0 Å². The van der Waals surface area contributed by atoms with E-state index in [1.54, 1.807) is 20.0 Å². The van der Waals surface area contributed by atoms with Crippen LogP contribution in [0.4, 0.5) is 29.3 Å². The van der Waals surface area contributed by atoms with Crippen LogP contribution in [0.1, 0.15) is 38.7 Å². The number of para-hydroxylation sites is 1. The largest absolute Gasteiger partial charge is 0.573 e. The molecule has 7 nitrogen and oxygen atoms in total. The Hall–Kier alpha value is -3.82. The zero-order valence-corrected chi connectivity index (χ0v) is 20.6. The van der Waals surface area contributed by atoms with Crippen LogP contribution in [0.3, 0.4) is 0 Å². The zero-order valence-electron chi connectivity index (χ0n) is 20.6. The van der Waals surface area contributed by atoms with Gasteiger partial charge < -0.3 is 14.5 Å². The Kier molecular flexibility index (Phi) is 6.21. The second-order valence-corrected chi connectivity index (χ2v) is 9.80.